The van der Waals surface area contributed by atoms with Gasteiger partial charge >= 0.3 is 0 Å². The lowest BCUT2D eigenvalue weighted by Gasteiger charge is -2.20. The molecule has 1 fully saturated rings. The Bertz CT molecular complexity index is 277. The van der Waals surface area contributed by atoms with E-state index in [-0.39, 0.29) is 23.6 Å². The van der Waals surface area contributed by atoms with Gasteiger partial charge in [0.1, 0.15) is 0 Å². The summed E-state index contributed by atoms with van der Waals surface area (Å²) < 4.78 is 27.2. The van der Waals surface area contributed by atoms with Crippen molar-refractivity contribution in [3.05, 3.63) is 0 Å². The van der Waals surface area contributed by atoms with Crippen LogP contribution in [0.15, 0.2) is 0 Å². The zero-order valence-electron chi connectivity index (χ0n) is 8.43. The Hall–Kier alpha value is -0.170. The monoisotopic (exact) mass is 223 g/mol. The molecule has 6 heteroatoms. The number of methoxy groups -OCH3 is 1. The van der Waals surface area contributed by atoms with Crippen molar-refractivity contribution in [2.45, 2.75) is 25.1 Å². The molecule has 1 saturated heterocycles. The average molecular weight is 223 g/mol. The highest BCUT2D eigenvalue weighted by molar-refractivity contribution is 7.91. The second-order valence-corrected chi connectivity index (χ2v) is 5.93. The highest BCUT2D eigenvalue weighted by Crippen LogP contribution is 2.12. The Labute approximate surface area is 84.4 Å². The highest BCUT2D eigenvalue weighted by atomic mass is 32.2. The molecule has 3 atom stereocenters. The Kier molecular flexibility index (Phi) is 3.88. The Morgan fingerprint density at radius 1 is 1.57 bits per heavy atom. The second kappa shape index (κ2) is 4.57. The van der Waals surface area contributed by atoms with Gasteiger partial charge in [-0.2, -0.15) is 0 Å². The molecule has 2 N–H and O–H groups in total. The maximum atomic E-state index is 11.2. The van der Waals surface area contributed by atoms with Crippen molar-refractivity contribution in [1.82, 2.24) is 5.32 Å². The summed E-state index contributed by atoms with van der Waals surface area (Å²) in [5.41, 5.74) is 0. The predicted octanol–water partition coefficient (Wildman–Crippen LogP) is -1.23. The topological polar surface area (TPSA) is 75.6 Å². The third-order valence-electron chi connectivity index (χ3n) is 2.24. The third kappa shape index (κ3) is 3.20. The molecule has 3 unspecified atom stereocenters. The molecular weight excluding hydrogens is 206 g/mol. The molecule has 0 saturated carbocycles. The Balaban J connectivity index is 2.46. The van der Waals surface area contributed by atoms with Crippen LogP contribution in [-0.4, -0.2) is 56.9 Å². The first-order valence-corrected chi connectivity index (χ1v) is 6.40. The molecule has 1 aliphatic rings. The number of hydrogen-bond acceptors (Lipinski definition) is 5. The largest absolute Gasteiger partial charge is 0.390 e. The summed E-state index contributed by atoms with van der Waals surface area (Å²) in [5.74, 6) is -0.118. The first kappa shape index (κ1) is 11.9. The van der Waals surface area contributed by atoms with E-state index in [0.717, 1.165) is 0 Å². The van der Waals surface area contributed by atoms with Gasteiger partial charge in [0.2, 0.25) is 0 Å². The molecule has 1 rings (SSSR count). The fraction of sp³-hybridized carbons (Fsp3) is 1.00. The average Bonchev–Trinajstić information content (AvgIpc) is 2.25. The van der Waals surface area contributed by atoms with E-state index in [2.05, 4.69) is 5.32 Å². The molecular formula is C8H17NO4S. The van der Waals surface area contributed by atoms with E-state index < -0.39 is 15.9 Å². The van der Waals surface area contributed by atoms with Crippen LogP contribution in [0.3, 0.4) is 0 Å². The van der Waals surface area contributed by atoms with E-state index >= 15 is 0 Å². The molecule has 0 bridgehead atoms. The van der Waals surface area contributed by atoms with Crippen LogP contribution in [0.1, 0.15) is 6.92 Å². The number of hydrogen-bond donors (Lipinski definition) is 2. The predicted molar refractivity (Wildman–Crippen MR) is 52.9 cm³/mol. The van der Waals surface area contributed by atoms with Crippen LogP contribution in [0.4, 0.5) is 0 Å². The van der Waals surface area contributed by atoms with E-state index in [1.807, 2.05) is 6.92 Å². The molecule has 14 heavy (non-hydrogen) atoms. The number of aliphatic hydroxyl groups is 1. The van der Waals surface area contributed by atoms with E-state index in [0.29, 0.717) is 6.61 Å². The first-order chi connectivity index (χ1) is 6.44. The van der Waals surface area contributed by atoms with Crippen LogP contribution in [-0.2, 0) is 14.6 Å². The van der Waals surface area contributed by atoms with E-state index in [4.69, 9.17) is 4.74 Å². The maximum Gasteiger partial charge on any atom is 0.154 e. The third-order valence-corrected chi connectivity index (χ3v) is 3.95. The smallest absolute Gasteiger partial charge is 0.154 e. The van der Waals surface area contributed by atoms with Crippen LogP contribution in [0, 0.1) is 0 Å². The normalized spacial score (nSPS) is 33.1. The van der Waals surface area contributed by atoms with Crippen molar-refractivity contribution >= 4 is 9.84 Å². The van der Waals surface area contributed by atoms with Gasteiger partial charge in [0, 0.05) is 19.2 Å². The molecule has 1 aliphatic heterocycles. The van der Waals surface area contributed by atoms with Crippen molar-refractivity contribution in [3.63, 3.8) is 0 Å². The first-order valence-electron chi connectivity index (χ1n) is 4.58. The summed E-state index contributed by atoms with van der Waals surface area (Å²) in [7, 11) is -1.48. The molecule has 1 heterocycles. The van der Waals surface area contributed by atoms with Crippen molar-refractivity contribution in [3.8, 4) is 0 Å². The summed E-state index contributed by atoms with van der Waals surface area (Å²) in [6.45, 7) is 2.39. The summed E-state index contributed by atoms with van der Waals surface area (Å²) in [6.07, 6.45) is -0.792. The Morgan fingerprint density at radius 3 is 2.64 bits per heavy atom. The minimum Gasteiger partial charge on any atom is -0.390 e. The zero-order valence-corrected chi connectivity index (χ0v) is 9.25. The molecule has 0 amide bonds. The molecule has 0 spiro atoms. The van der Waals surface area contributed by atoms with Crippen molar-refractivity contribution < 1.29 is 18.3 Å². The van der Waals surface area contributed by atoms with Crippen molar-refractivity contribution in [1.29, 1.82) is 0 Å². The van der Waals surface area contributed by atoms with Gasteiger partial charge in [-0.3, -0.25) is 0 Å². The fourth-order valence-electron chi connectivity index (χ4n) is 1.65. The lowest BCUT2D eigenvalue weighted by Crippen LogP contribution is -2.45. The van der Waals surface area contributed by atoms with Crippen molar-refractivity contribution in [2.75, 3.05) is 25.2 Å². The van der Waals surface area contributed by atoms with Crippen LogP contribution in [0.2, 0.25) is 0 Å². The lowest BCUT2D eigenvalue weighted by atomic mass is 10.2. The zero-order chi connectivity index (χ0) is 10.8. The van der Waals surface area contributed by atoms with Gasteiger partial charge in [0.15, 0.2) is 9.84 Å². The van der Waals surface area contributed by atoms with Gasteiger partial charge in [0.25, 0.3) is 0 Å². The van der Waals surface area contributed by atoms with Gasteiger partial charge in [0.05, 0.1) is 24.2 Å². The number of rotatable bonds is 4. The van der Waals surface area contributed by atoms with Gasteiger partial charge in [-0.1, -0.05) is 0 Å². The van der Waals surface area contributed by atoms with Gasteiger partial charge in [-0.05, 0) is 6.92 Å². The highest BCUT2D eigenvalue weighted by Gasteiger charge is 2.36. The molecule has 0 aliphatic carbocycles. The maximum absolute atomic E-state index is 11.2. The van der Waals surface area contributed by atoms with Crippen molar-refractivity contribution in [2.24, 2.45) is 0 Å². The number of nitrogens with one attached hydrogen (secondary N) is 1. The van der Waals surface area contributed by atoms with E-state index in [1.165, 1.54) is 0 Å². The number of sulfone groups is 1. The summed E-state index contributed by atoms with van der Waals surface area (Å²) in [4.78, 5) is 0. The molecule has 0 radical (unpaired) electrons. The molecule has 0 aromatic rings. The van der Waals surface area contributed by atoms with E-state index in [1.54, 1.807) is 7.11 Å². The molecule has 5 nitrogen and oxygen atoms in total. The van der Waals surface area contributed by atoms with Crippen LogP contribution < -0.4 is 5.32 Å². The molecule has 0 aromatic carbocycles. The number of aliphatic hydroxyl groups excluding tert-OH is 1. The van der Waals surface area contributed by atoms with Crippen LogP contribution in [0.25, 0.3) is 0 Å². The van der Waals surface area contributed by atoms with Gasteiger partial charge in [-0.15, -0.1) is 0 Å². The summed E-state index contributed by atoms with van der Waals surface area (Å²) >= 11 is 0. The fourth-order valence-corrected chi connectivity index (χ4v) is 3.41. The Morgan fingerprint density at radius 2 is 2.21 bits per heavy atom. The lowest BCUT2D eigenvalue weighted by molar-refractivity contribution is 0.132. The summed E-state index contributed by atoms with van der Waals surface area (Å²) in [6, 6.07) is -0.307. The minimum atomic E-state index is -3.06. The van der Waals surface area contributed by atoms with Gasteiger partial charge < -0.3 is 15.2 Å². The molecule has 84 valence electrons. The van der Waals surface area contributed by atoms with Crippen LogP contribution >= 0.6 is 0 Å². The standard InChI is InChI=1S/C8H17NO4S/c1-6(3-13-2)9-7-4-14(11,12)5-8(7)10/h6-10H,3-5H2,1-2H3. The number of ether oxygens (including phenoxy) is 1. The quantitative estimate of drug-likeness (QED) is 0.624. The second-order valence-electron chi connectivity index (χ2n) is 3.77. The minimum absolute atomic E-state index is 0.0161. The van der Waals surface area contributed by atoms with Crippen LogP contribution in [0.5, 0.6) is 0 Å². The summed E-state index contributed by atoms with van der Waals surface area (Å²) in [5, 5.41) is 12.5. The van der Waals surface area contributed by atoms with E-state index in [9.17, 15) is 13.5 Å². The molecule has 0 aromatic heterocycles. The SMILES string of the molecule is COCC(C)NC1CS(=O)(=O)CC1O. The van der Waals surface area contributed by atoms with Gasteiger partial charge in [-0.25, -0.2) is 8.42 Å².